The van der Waals surface area contributed by atoms with Crippen LogP contribution in [0, 0.1) is 0 Å². The van der Waals surface area contributed by atoms with Crippen LogP contribution in [0.15, 0.2) is 51.9 Å². The highest BCUT2D eigenvalue weighted by Crippen LogP contribution is 2.19. The Morgan fingerprint density at radius 2 is 1.71 bits per heavy atom. The molecule has 0 aliphatic carbocycles. The largest absolute Gasteiger partial charge is 0.368 e. The summed E-state index contributed by atoms with van der Waals surface area (Å²) in [6.45, 7) is 2.40. The smallest absolute Gasteiger partial charge is 0.251 e. The zero-order chi connectivity index (χ0) is 20.1. The second-order valence-electron chi connectivity index (χ2n) is 6.43. The predicted octanol–water partition coefficient (Wildman–Crippen LogP) is 1.73. The molecule has 3 rings (SSSR count). The third-order valence-corrected chi connectivity index (χ3v) is 5.24. The Balaban J connectivity index is 1.45. The fraction of sp³-hybridized carbons (Fsp3) is 0.316. The van der Waals surface area contributed by atoms with Crippen molar-refractivity contribution in [3.63, 3.8) is 0 Å². The van der Waals surface area contributed by atoms with Crippen molar-refractivity contribution in [1.82, 2.24) is 14.8 Å². The monoisotopic (exact) mass is 466 g/mol. The van der Waals surface area contributed by atoms with E-state index in [1.165, 1.54) is 10.6 Å². The van der Waals surface area contributed by atoms with Crippen molar-refractivity contribution >= 4 is 45.0 Å². The van der Waals surface area contributed by atoms with Crippen molar-refractivity contribution < 1.29 is 9.59 Å². The third-order valence-electron chi connectivity index (χ3n) is 4.52. The molecule has 2 heterocycles. The number of halogens is 2. The van der Waals surface area contributed by atoms with Crippen LogP contribution >= 0.6 is 27.5 Å². The number of rotatable bonds is 5. The molecule has 0 radical (unpaired) electrons. The van der Waals surface area contributed by atoms with Crippen LogP contribution in [0.1, 0.15) is 0 Å². The molecule has 7 nitrogen and oxygen atoms in total. The van der Waals surface area contributed by atoms with E-state index in [4.69, 9.17) is 11.6 Å². The Hall–Kier alpha value is -2.32. The molecule has 1 fully saturated rings. The van der Waals surface area contributed by atoms with Crippen molar-refractivity contribution in [2.24, 2.45) is 0 Å². The summed E-state index contributed by atoms with van der Waals surface area (Å²) in [5.41, 5.74) is 0.798. The number of benzene rings is 1. The fourth-order valence-corrected chi connectivity index (χ4v) is 3.49. The molecule has 1 aliphatic heterocycles. The number of piperazine rings is 1. The molecule has 0 unspecified atom stereocenters. The van der Waals surface area contributed by atoms with Gasteiger partial charge >= 0.3 is 0 Å². The molecule has 1 aromatic heterocycles. The van der Waals surface area contributed by atoms with Crippen molar-refractivity contribution in [3.8, 4) is 0 Å². The number of aromatic nitrogens is 1. The lowest BCUT2D eigenvalue weighted by Gasteiger charge is -2.36. The highest BCUT2D eigenvalue weighted by Gasteiger charge is 2.21. The van der Waals surface area contributed by atoms with Crippen LogP contribution in [-0.2, 0) is 16.1 Å². The first-order valence-corrected chi connectivity index (χ1v) is 10.0. The Kier molecular flexibility index (Phi) is 6.74. The van der Waals surface area contributed by atoms with Crippen LogP contribution in [-0.4, -0.2) is 54.0 Å². The first-order valence-electron chi connectivity index (χ1n) is 8.83. The molecule has 1 aliphatic rings. The molecular weight excluding hydrogens is 448 g/mol. The number of hydrogen-bond donors (Lipinski definition) is 1. The summed E-state index contributed by atoms with van der Waals surface area (Å²) < 4.78 is 1.99. The van der Waals surface area contributed by atoms with Gasteiger partial charge in [0.15, 0.2) is 0 Å². The average Bonchev–Trinajstić information content (AvgIpc) is 2.70. The van der Waals surface area contributed by atoms with Crippen molar-refractivity contribution in [1.29, 1.82) is 0 Å². The van der Waals surface area contributed by atoms with Gasteiger partial charge in [0.25, 0.3) is 5.56 Å². The van der Waals surface area contributed by atoms with Gasteiger partial charge in [-0.25, -0.2) is 0 Å². The Labute approximate surface area is 176 Å². The van der Waals surface area contributed by atoms with Crippen molar-refractivity contribution in [2.75, 3.05) is 37.6 Å². The first-order chi connectivity index (χ1) is 13.4. The second-order valence-corrected chi connectivity index (χ2v) is 7.79. The van der Waals surface area contributed by atoms with E-state index < -0.39 is 0 Å². The van der Waals surface area contributed by atoms with Gasteiger partial charge in [0.05, 0.1) is 6.54 Å². The zero-order valence-electron chi connectivity index (χ0n) is 15.1. The molecule has 1 N–H and O–H groups in total. The van der Waals surface area contributed by atoms with Gasteiger partial charge in [0.1, 0.15) is 6.54 Å². The van der Waals surface area contributed by atoms with Crippen LogP contribution < -0.4 is 15.8 Å². The second kappa shape index (κ2) is 9.25. The molecule has 0 spiro atoms. The van der Waals surface area contributed by atoms with Crippen LogP contribution in [0.2, 0.25) is 5.02 Å². The van der Waals surface area contributed by atoms with E-state index in [0.29, 0.717) is 22.6 Å². The molecular formula is C19H20BrClN4O3. The third kappa shape index (κ3) is 5.36. The highest BCUT2D eigenvalue weighted by molar-refractivity contribution is 9.10. The lowest BCUT2D eigenvalue weighted by atomic mass is 10.2. The SMILES string of the molecule is O=C(Cn1cc(Br)ccc1=O)NCC(=O)N1CCN(c2ccc(Cl)cc2)CC1. The molecule has 1 aromatic carbocycles. The summed E-state index contributed by atoms with van der Waals surface area (Å²) in [5, 5.41) is 3.28. The zero-order valence-corrected chi connectivity index (χ0v) is 17.4. The highest BCUT2D eigenvalue weighted by atomic mass is 79.9. The maximum Gasteiger partial charge on any atom is 0.251 e. The van der Waals surface area contributed by atoms with Gasteiger partial charge in [-0.15, -0.1) is 0 Å². The number of anilines is 1. The lowest BCUT2D eigenvalue weighted by molar-refractivity contribution is -0.133. The van der Waals surface area contributed by atoms with E-state index in [1.807, 2.05) is 24.3 Å². The number of carbonyl (C=O) groups is 2. The molecule has 0 saturated carbocycles. The maximum absolute atomic E-state index is 12.4. The first kappa shape index (κ1) is 20.4. The van der Waals surface area contributed by atoms with Gasteiger partial charge in [0, 0.05) is 53.6 Å². The van der Waals surface area contributed by atoms with Crippen LogP contribution in [0.3, 0.4) is 0 Å². The minimum absolute atomic E-state index is 0.0808. The maximum atomic E-state index is 12.4. The number of nitrogens with one attached hydrogen (secondary N) is 1. The summed E-state index contributed by atoms with van der Waals surface area (Å²) in [6.07, 6.45) is 1.54. The summed E-state index contributed by atoms with van der Waals surface area (Å²) in [7, 11) is 0. The number of carbonyl (C=O) groups excluding carboxylic acids is 2. The molecule has 148 valence electrons. The minimum atomic E-state index is -0.381. The molecule has 28 heavy (non-hydrogen) atoms. The van der Waals surface area contributed by atoms with Gasteiger partial charge in [-0.05, 0) is 46.3 Å². The minimum Gasteiger partial charge on any atom is -0.368 e. The van der Waals surface area contributed by atoms with E-state index in [0.717, 1.165) is 18.8 Å². The molecule has 0 atom stereocenters. The Morgan fingerprint density at radius 1 is 1.04 bits per heavy atom. The van der Waals surface area contributed by atoms with Gasteiger partial charge in [0.2, 0.25) is 11.8 Å². The molecule has 2 amide bonds. The number of pyridine rings is 1. The molecule has 1 saturated heterocycles. The quantitative estimate of drug-likeness (QED) is 0.727. The summed E-state index contributed by atoms with van der Waals surface area (Å²) in [6, 6.07) is 10.6. The van der Waals surface area contributed by atoms with Crippen molar-refractivity contribution in [3.05, 3.63) is 62.4 Å². The van der Waals surface area contributed by atoms with Gasteiger partial charge < -0.3 is 19.7 Å². The molecule has 0 bridgehead atoms. The predicted molar refractivity (Wildman–Crippen MR) is 112 cm³/mol. The fourth-order valence-electron chi connectivity index (χ4n) is 2.99. The van der Waals surface area contributed by atoms with E-state index in [-0.39, 0.29) is 30.5 Å². The van der Waals surface area contributed by atoms with E-state index in [9.17, 15) is 14.4 Å². The molecule has 9 heteroatoms. The Morgan fingerprint density at radius 3 is 2.39 bits per heavy atom. The molecule has 2 aromatic rings. The standard InChI is InChI=1S/C19H20BrClN4O3/c20-14-1-6-18(27)25(12-14)13-17(26)22-11-19(28)24-9-7-23(8-10-24)16-4-2-15(21)3-5-16/h1-6,12H,7-11,13H2,(H,22,26). The van der Waals surface area contributed by atoms with Crippen LogP contribution in [0.25, 0.3) is 0 Å². The van der Waals surface area contributed by atoms with Gasteiger partial charge in [-0.1, -0.05) is 11.6 Å². The number of hydrogen-bond acceptors (Lipinski definition) is 4. The lowest BCUT2D eigenvalue weighted by Crippen LogP contribution is -2.51. The average molecular weight is 468 g/mol. The van der Waals surface area contributed by atoms with Crippen molar-refractivity contribution in [2.45, 2.75) is 6.54 Å². The topological polar surface area (TPSA) is 74.6 Å². The van der Waals surface area contributed by atoms with Gasteiger partial charge in [-0.2, -0.15) is 0 Å². The summed E-state index contributed by atoms with van der Waals surface area (Å²) in [4.78, 5) is 40.1. The number of amides is 2. The van der Waals surface area contributed by atoms with Crippen LogP contribution in [0.5, 0.6) is 0 Å². The summed E-state index contributed by atoms with van der Waals surface area (Å²) >= 11 is 9.18. The Bertz CT molecular complexity index is 908. The summed E-state index contributed by atoms with van der Waals surface area (Å²) in [5.74, 6) is -0.515. The number of nitrogens with zero attached hydrogens (tertiary/aromatic N) is 3. The normalized spacial score (nSPS) is 14.1. The van der Waals surface area contributed by atoms with Crippen LogP contribution in [0.4, 0.5) is 5.69 Å². The van der Waals surface area contributed by atoms with Gasteiger partial charge in [-0.3, -0.25) is 14.4 Å². The van der Waals surface area contributed by atoms with E-state index >= 15 is 0 Å². The van der Waals surface area contributed by atoms with E-state index in [2.05, 4.69) is 26.1 Å². The van der Waals surface area contributed by atoms with E-state index in [1.54, 1.807) is 17.2 Å².